The zero-order chi connectivity index (χ0) is 26.4. The largest absolute Gasteiger partial charge is 0.507 e. The molecule has 0 aliphatic carbocycles. The highest BCUT2D eigenvalue weighted by Gasteiger charge is 2.47. The summed E-state index contributed by atoms with van der Waals surface area (Å²) in [5.74, 6) is -1.48. The fourth-order valence-corrected chi connectivity index (χ4v) is 4.61. The van der Waals surface area contributed by atoms with E-state index in [2.05, 4.69) is 0 Å². The Kier molecular flexibility index (Phi) is 6.91. The van der Waals surface area contributed by atoms with E-state index in [4.69, 9.17) is 27.9 Å². The molecule has 5 nitrogen and oxygen atoms in total. The minimum Gasteiger partial charge on any atom is -0.507 e. The number of nitrogens with zero attached hydrogens (tertiary/aromatic N) is 1. The second-order valence-corrected chi connectivity index (χ2v) is 10.7. The van der Waals surface area contributed by atoms with Crippen LogP contribution in [0.15, 0.2) is 66.2 Å². The molecule has 0 bridgehead atoms. The number of ketones is 1. The fraction of sp³-hybridized carbons (Fsp3) is 0.241. The zero-order valence-electron chi connectivity index (χ0n) is 20.7. The quantitative estimate of drug-likeness (QED) is 0.222. The molecule has 186 valence electrons. The van der Waals surface area contributed by atoms with Gasteiger partial charge in [0.25, 0.3) is 11.7 Å². The molecule has 3 aromatic carbocycles. The van der Waals surface area contributed by atoms with Crippen LogP contribution in [-0.4, -0.2) is 23.9 Å². The van der Waals surface area contributed by atoms with Crippen molar-refractivity contribution in [3.05, 3.63) is 98.5 Å². The fourth-order valence-electron chi connectivity index (χ4n) is 4.31. The summed E-state index contributed by atoms with van der Waals surface area (Å²) in [4.78, 5) is 28.3. The maximum absolute atomic E-state index is 13.5. The van der Waals surface area contributed by atoms with Gasteiger partial charge in [0.15, 0.2) is 0 Å². The Bertz CT molecular complexity index is 1390. The lowest BCUT2D eigenvalue weighted by atomic mass is 9.85. The number of methoxy groups -OCH3 is 1. The Morgan fingerprint density at radius 3 is 2.19 bits per heavy atom. The SMILES string of the molecule is COc1ccc(C(C)(C)C)cc1/C(O)=C1\C(=O)C(=O)N(c2ccc(C)cc2)C1c1ccc(Cl)c(Cl)c1. The van der Waals surface area contributed by atoms with E-state index in [1.54, 1.807) is 42.5 Å². The summed E-state index contributed by atoms with van der Waals surface area (Å²) in [5.41, 5.74) is 3.05. The summed E-state index contributed by atoms with van der Waals surface area (Å²) in [6.45, 7) is 8.07. The van der Waals surface area contributed by atoms with E-state index in [0.717, 1.165) is 11.1 Å². The first-order valence-corrected chi connectivity index (χ1v) is 12.2. The van der Waals surface area contributed by atoms with Crippen molar-refractivity contribution in [2.75, 3.05) is 12.0 Å². The number of hydrogen-bond donors (Lipinski definition) is 1. The molecule has 1 unspecified atom stereocenters. The Morgan fingerprint density at radius 2 is 1.61 bits per heavy atom. The Hall–Kier alpha value is -3.28. The highest BCUT2D eigenvalue weighted by molar-refractivity contribution is 6.52. The summed E-state index contributed by atoms with van der Waals surface area (Å²) < 4.78 is 5.51. The molecule has 3 aromatic rings. The van der Waals surface area contributed by atoms with Gasteiger partial charge in [-0.3, -0.25) is 14.5 Å². The summed E-state index contributed by atoms with van der Waals surface area (Å²) in [5, 5.41) is 12.2. The normalized spacial score (nSPS) is 17.5. The summed E-state index contributed by atoms with van der Waals surface area (Å²) in [6.07, 6.45) is 0. The maximum Gasteiger partial charge on any atom is 0.300 e. The van der Waals surface area contributed by atoms with Crippen LogP contribution < -0.4 is 9.64 Å². The topological polar surface area (TPSA) is 66.8 Å². The molecule has 1 N–H and O–H groups in total. The van der Waals surface area contributed by atoms with Crippen molar-refractivity contribution in [2.24, 2.45) is 0 Å². The van der Waals surface area contributed by atoms with Crippen LogP contribution in [0, 0.1) is 6.92 Å². The van der Waals surface area contributed by atoms with E-state index in [-0.39, 0.29) is 21.8 Å². The number of benzene rings is 3. The second-order valence-electron chi connectivity index (χ2n) is 9.84. The van der Waals surface area contributed by atoms with E-state index in [9.17, 15) is 14.7 Å². The van der Waals surface area contributed by atoms with E-state index in [0.29, 0.717) is 27.6 Å². The molecular formula is C29H27Cl2NO4. The van der Waals surface area contributed by atoms with E-state index in [1.165, 1.54) is 12.0 Å². The van der Waals surface area contributed by atoms with Crippen molar-refractivity contribution in [3.8, 4) is 5.75 Å². The van der Waals surface area contributed by atoms with Crippen LogP contribution in [0.1, 0.15) is 49.1 Å². The molecule has 1 fully saturated rings. The standard InChI is InChI=1S/C29H27Cl2NO4/c1-16-6-10-19(11-7-16)32-25(17-8-12-21(30)22(31)14-17)24(27(34)28(32)35)26(33)20-15-18(29(2,3)4)9-13-23(20)36-5/h6-15,25,33H,1-5H3/b26-24+. The van der Waals surface area contributed by atoms with Crippen LogP contribution >= 0.6 is 23.2 Å². The number of halogens is 2. The van der Waals surface area contributed by atoms with Gasteiger partial charge in [-0.05, 0) is 59.9 Å². The number of carbonyl (C=O) groups is 2. The molecule has 4 rings (SSSR count). The monoisotopic (exact) mass is 523 g/mol. The molecule has 36 heavy (non-hydrogen) atoms. The van der Waals surface area contributed by atoms with Gasteiger partial charge in [-0.2, -0.15) is 0 Å². The molecule has 1 amide bonds. The molecule has 7 heteroatoms. The third-order valence-corrected chi connectivity index (χ3v) is 7.08. The number of aryl methyl sites for hydroxylation is 1. The van der Waals surface area contributed by atoms with E-state index in [1.807, 2.05) is 45.9 Å². The molecule has 1 aliphatic heterocycles. The average molecular weight is 524 g/mol. The Labute approximate surface area is 220 Å². The van der Waals surface area contributed by atoms with Crippen LogP contribution in [0.5, 0.6) is 5.75 Å². The number of anilines is 1. The third kappa shape index (κ3) is 4.61. The van der Waals surface area contributed by atoms with Crippen molar-refractivity contribution in [1.29, 1.82) is 0 Å². The first-order chi connectivity index (χ1) is 16.9. The molecule has 0 spiro atoms. The predicted molar refractivity (Wildman–Crippen MR) is 144 cm³/mol. The number of rotatable bonds is 4. The highest BCUT2D eigenvalue weighted by atomic mass is 35.5. The zero-order valence-corrected chi connectivity index (χ0v) is 22.2. The third-order valence-electron chi connectivity index (χ3n) is 6.34. The number of aliphatic hydroxyl groups is 1. The molecule has 1 saturated heterocycles. The van der Waals surface area contributed by atoms with Crippen molar-refractivity contribution in [1.82, 2.24) is 0 Å². The van der Waals surface area contributed by atoms with Gasteiger partial charge in [0.1, 0.15) is 11.5 Å². The molecule has 0 aromatic heterocycles. The van der Waals surface area contributed by atoms with Gasteiger partial charge in [0, 0.05) is 5.69 Å². The molecule has 0 radical (unpaired) electrons. The smallest absolute Gasteiger partial charge is 0.300 e. The summed E-state index contributed by atoms with van der Waals surface area (Å²) in [7, 11) is 1.49. The summed E-state index contributed by atoms with van der Waals surface area (Å²) in [6, 6.07) is 16.7. The van der Waals surface area contributed by atoms with Crippen LogP contribution in [0.4, 0.5) is 5.69 Å². The minimum atomic E-state index is -0.925. The van der Waals surface area contributed by atoms with Crippen molar-refractivity contribution < 1.29 is 19.4 Å². The van der Waals surface area contributed by atoms with Gasteiger partial charge < -0.3 is 9.84 Å². The number of carbonyl (C=O) groups excluding carboxylic acids is 2. The first-order valence-electron chi connectivity index (χ1n) is 11.5. The molecule has 1 aliphatic rings. The van der Waals surface area contributed by atoms with E-state index >= 15 is 0 Å². The number of amides is 1. The van der Waals surface area contributed by atoms with E-state index < -0.39 is 17.7 Å². The summed E-state index contributed by atoms with van der Waals surface area (Å²) >= 11 is 12.5. The number of aliphatic hydroxyl groups excluding tert-OH is 1. The average Bonchev–Trinajstić information content (AvgIpc) is 3.10. The molecule has 1 atom stereocenters. The first kappa shape index (κ1) is 25.8. The number of ether oxygens (including phenoxy) is 1. The number of Topliss-reactive ketones (excluding diaryl/α,β-unsaturated/α-hetero) is 1. The van der Waals surface area contributed by atoms with Gasteiger partial charge in [0.2, 0.25) is 0 Å². The van der Waals surface area contributed by atoms with Crippen LogP contribution in [0.2, 0.25) is 10.0 Å². The minimum absolute atomic E-state index is 0.0525. The van der Waals surface area contributed by atoms with Crippen LogP contribution in [0.25, 0.3) is 5.76 Å². The molecular weight excluding hydrogens is 497 g/mol. The molecule has 1 heterocycles. The van der Waals surface area contributed by atoms with Crippen molar-refractivity contribution in [2.45, 2.75) is 39.2 Å². The Morgan fingerprint density at radius 1 is 0.944 bits per heavy atom. The second kappa shape index (κ2) is 9.64. The van der Waals surface area contributed by atoms with Crippen molar-refractivity contribution >= 4 is 46.3 Å². The lowest BCUT2D eigenvalue weighted by Gasteiger charge is -2.26. The van der Waals surface area contributed by atoms with Gasteiger partial charge in [-0.1, -0.05) is 73.8 Å². The number of hydrogen-bond acceptors (Lipinski definition) is 4. The van der Waals surface area contributed by atoms with Crippen molar-refractivity contribution in [3.63, 3.8) is 0 Å². The lowest BCUT2D eigenvalue weighted by molar-refractivity contribution is -0.132. The lowest BCUT2D eigenvalue weighted by Crippen LogP contribution is -2.29. The molecule has 0 saturated carbocycles. The maximum atomic E-state index is 13.5. The van der Waals surface area contributed by atoms with Gasteiger partial charge in [0.05, 0.1) is 34.3 Å². The van der Waals surface area contributed by atoms with Crippen LogP contribution in [-0.2, 0) is 15.0 Å². The van der Waals surface area contributed by atoms with Gasteiger partial charge in [-0.15, -0.1) is 0 Å². The Balaban J connectivity index is 2.01. The van der Waals surface area contributed by atoms with Gasteiger partial charge >= 0.3 is 0 Å². The van der Waals surface area contributed by atoms with Crippen LogP contribution in [0.3, 0.4) is 0 Å². The van der Waals surface area contributed by atoms with Gasteiger partial charge in [-0.25, -0.2) is 0 Å². The predicted octanol–water partition coefficient (Wildman–Crippen LogP) is 7.23. The highest BCUT2D eigenvalue weighted by Crippen LogP contribution is 2.44.